The van der Waals surface area contributed by atoms with Gasteiger partial charge in [-0.15, -0.1) is 0 Å². The normalized spacial score (nSPS) is 13.5. The van der Waals surface area contributed by atoms with Crippen LogP contribution in [-0.2, 0) is 4.79 Å². The lowest BCUT2D eigenvalue weighted by molar-refractivity contribution is -0.144. The minimum atomic E-state index is -3.51. The van der Waals surface area contributed by atoms with Gasteiger partial charge in [-0.2, -0.15) is 13.9 Å². The minimum absolute atomic E-state index is 0.333. The summed E-state index contributed by atoms with van der Waals surface area (Å²) >= 11 is 0. The summed E-state index contributed by atoms with van der Waals surface area (Å²) < 4.78 is 48.4. The summed E-state index contributed by atoms with van der Waals surface area (Å²) in [4.78, 5) is 12.0. The first-order chi connectivity index (χ1) is 16.5. The third-order valence-electron chi connectivity index (χ3n) is 5.83. The maximum atomic E-state index is 13.6. The van der Waals surface area contributed by atoms with E-state index >= 15 is 0 Å². The Balaban J connectivity index is 1.68. The van der Waals surface area contributed by atoms with Crippen LogP contribution in [0.1, 0.15) is 36.6 Å². The Morgan fingerprint density at radius 1 is 1.06 bits per heavy atom. The highest BCUT2D eigenvalue weighted by atomic mass is 19.3. The van der Waals surface area contributed by atoms with E-state index in [1.54, 1.807) is 42.1 Å². The molecule has 0 aliphatic rings. The van der Waals surface area contributed by atoms with Crippen LogP contribution in [0.25, 0.3) is 16.6 Å². The van der Waals surface area contributed by atoms with Gasteiger partial charge in [-0.3, -0.25) is 4.79 Å². The first-order valence-electron chi connectivity index (χ1n) is 11.2. The molecule has 0 saturated heterocycles. The zero-order valence-corrected chi connectivity index (χ0v) is 19.9. The number of fused-ring (bicyclic) bond motifs is 1. The van der Waals surface area contributed by atoms with E-state index in [2.05, 4.69) is 10.4 Å². The molecule has 1 heterocycles. The number of rotatable bonds is 7. The molecule has 0 fully saturated rings. The first-order valence-corrected chi connectivity index (χ1v) is 11.2. The quantitative estimate of drug-likeness (QED) is 0.349. The lowest BCUT2D eigenvalue weighted by Gasteiger charge is -2.29. The number of benzene rings is 3. The standard InChI is InChI=1S/C27H26F3N3O2/c1-16-5-6-17(2)23(13-16)25(18(3)32-26(34)27(4,29)30)35-22-11-12-24-19(14-22)15-31-33(24)21-9-7-20(28)8-10-21/h5-15,18,25H,1-4H3,(H,32,34)/t18-,25-/m0/s1. The maximum absolute atomic E-state index is 13.6. The molecule has 1 aromatic heterocycles. The van der Waals surface area contributed by atoms with Crippen LogP contribution >= 0.6 is 0 Å². The molecular formula is C27H26F3N3O2. The molecule has 1 N–H and O–H groups in total. The molecule has 35 heavy (non-hydrogen) atoms. The average Bonchev–Trinajstić information content (AvgIpc) is 3.22. The van der Waals surface area contributed by atoms with Crippen molar-refractivity contribution in [2.75, 3.05) is 0 Å². The molecule has 182 valence electrons. The van der Waals surface area contributed by atoms with Gasteiger partial charge in [0, 0.05) is 12.3 Å². The number of carbonyl (C=O) groups is 1. The van der Waals surface area contributed by atoms with Crippen LogP contribution in [0.2, 0.25) is 0 Å². The molecule has 0 bridgehead atoms. The van der Waals surface area contributed by atoms with Crippen molar-refractivity contribution in [2.45, 2.75) is 45.8 Å². The van der Waals surface area contributed by atoms with Crippen molar-refractivity contribution in [3.05, 3.63) is 89.4 Å². The summed E-state index contributed by atoms with van der Waals surface area (Å²) in [5.41, 5.74) is 4.18. The Morgan fingerprint density at radius 3 is 2.46 bits per heavy atom. The summed E-state index contributed by atoms with van der Waals surface area (Å²) in [5.74, 6) is -4.71. The number of nitrogens with one attached hydrogen (secondary N) is 1. The van der Waals surface area contributed by atoms with E-state index < -0.39 is 24.0 Å². The van der Waals surface area contributed by atoms with E-state index in [-0.39, 0.29) is 5.82 Å². The van der Waals surface area contributed by atoms with Crippen LogP contribution in [0.3, 0.4) is 0 Å². The second-order valence-corrected chi connectivity index (χ2v) is 8.80. The fourth-order valence-corrected chi connectivity index (χ4v) is 3.93. The Bertz CT molecular complexity index is 1360. The number of alkyl halides is 2. The van der Waals surface area contributed by atoms with Gasteiger partial charge in [0.2, 0.25) is 0 Å². The summed E-state index contributed by atoms with van der Waals surface area (Å²) in [6.07, 6.45) is 0.951. The van der Waals surface area contributed by atoms with E-state index in [1.165, 1.54) is 12.1 Å². The number of halogens is 3. The third kappa shape index (κ3) is 5.31. The zero-order chi connectivity index (χ0) is 25.3. The lowest BCUT2D eigenvalue weighted by atomic mass is 9.96. The predicted octanol–water partition coefficient (Wildman–Crippen LogP) is 6.06. The van der Waals surface area contributed by atoms with Crippen LogP contribution in [0, 0.1) is 19.7 Å². The van der Waals surface area contributed by atoms with Crippen LogP contribution in [-0.4, -0.2) is 27.7 Å². The van der Waals surface area contributed by atoms with Crippen molar-refractivity contribution in [1.82, 2.24) is 15.1 Å². The molecule has 3 aromatic carbocycles. The van der Waals surface area contributed by atoms with E-state index in [0.29, 0.717) is 18.4 Å². The van der Waals surface area contributed by atoms with Crippen molar-refractivity contribution in [1.29, 1.82) is 0 Å². The molecule has 0 unspecified atom stereocenters. The van der Waals surface area contributed by atoms with E-state index in [1.807, 2.05) is 38.1 Å². The van der Waals surface area contributed by atoms with E-state index in [0.717, 1.165) is 27.6 Å². The Labute approximate surface area is 201 Å². The number of aromatic nitrogens is 2. The summed E-state index contributed by atoms with van der Waals surface area (Å²) in [5, 5.41) is 7.57. The van der Waals surface area contributed by atoms with Crippen molar-refractivity contribution < 1.29 is 22.7 Å². The largest absolute Gasteiger partial charge is 0.484 e. The fraction of sp³-hybridized carbons (Fsp3) is 0.259. The molecule has 0 aliphatic heterocycles. The number of hydrogen-bond acceptors (Lipinski definition) is 3. The number of carbonyl (C=O) groups excluding carboxylic acids is 1. The summed E-state index contributed by atoms with van der Waals surface area (Å²) in [6, 6.07) is 16.4. The van der Waals surface area contributed by atoms with Gasteiger partial charge in [0.1, 0.15) is 17.7 Å². The fourth-order valence-electron chi connectivity index (χ4n) is 3.93. The second-order valence-electron chi connectivity index (χ2n) is 8.80. The summed E-state index contributed by atoms with van der Waals surface area (Å²) in [6.45, 7) is 6.04. The van der Waals surface area contributed by atoms with E-state index in [4.69, 9.17) is 4.74 Å². The molecule has 0 radical (unpaired) electrons. The van der Waals surface area contributed by atoms with Crippen LogP contribution in [0.4, 0.5) is 13.2 Å². The lowest BCUT2D eigenvalue weighted by Crippen LogP contribution is -2.46. The molecule has 8 heteroatoms. The second kappa shape index (κ2) is 9.44. The zero-order valence-electron chi connectivity index (χ0n) is 19.9. The van der Waals surface area contributed by atoms with Gasteiger partial charge < -0.3 is 10.1 Å². The average molecular weight is 482 g/mol. The van der Waals surface area contributed by atoms with Gasteiger partial charge in [0.25, 0.3) is 5.91 Å². The van der Waals surface area contributed by atoms with Gasteiger partial charge in [0.15, 0.2) is 0 Å². The van der Waals surface area contributed by atoms with Gasteiger partial charge in [0.05, 0.1) is 23.4 Å². The molecule has 4 aromatic rings. The Hall–Kier alpha value is -3.81. The maximum Gasteiger partial charge on any atom is 0.321 e. The van der Waals surface area contributed by atoms with Crippen molar-refractivity contribution in [3.8, 4) is 11.4 Å². The molecule has 0 aliphatic carbocycles. The van der Waals surface area contributed by atoms with Gasteiger partial charge >= 0.3 is 5.92 Å². The predicted molar refractivity (Wildman–Crippen MR) is 129 cm³/mol. The highest BCUT2D eigenvalue weighted by Gasteiger charge is 2.35. The van der Waals surface area contributed by atoms with Gasteiger partial charge in [-0.05, 0) is 74.4 Å². The van der Waals surface area contributed by atoms with Crippen molar-refractivity contribution >= 4 is 16.8 Å². The topological polar surface area (TPSA) is 56.1 Å². The number of hydrogen-bond donors (Lipinski definition) is 1. The number of ether oxygens (including phenoxy) is 1. The summed E-state index contributed by atoms with van der Waals surface area (Å²) in [7, 11) is 0. The third-order valence-corrected chi connectivity index (χ3v) is 5.83. The van der Waals surface area contributed by atoms with Crippen molar-refractivity contribution in [3.63, 3.8) is 0 Å². The number of amides is 1. The molecule has 4 rings (SSSR count). The Kier molecular flexibility index (Phi) is 6.56. The van der Waals surface area contributed by atoms with Gasteiger partial charge in [-0.25, -0.2) is 9.07 Å². The van der Waals surface area contributed by atoms with Crippen LogP contribution < -0.4 is 10.1 Å². The number of nitrogens with zero attached hydrogens (tertiary/aromatic N) is 2. The smallest absolute Gasteiger partial charge is 0.321 e. The molecule has 1 amide bonds. The van der Waals surface area contributed by atoms with Gasteiger partial charge in [-0.1, -0.05) is 23.8 Å². The minimum Gasteiger partial charge on any atom is -0.484 e. The highest BCUT2D eigenvalue weighted by Crippen LogP contribution is 2.31. The number of aryl methyl sites for hydroxylation is 2. The molecule has 0 saturated carbocycles. The molecular weight excluding hydrogens is 455 g/mol. The Morgan fingerprint density at radius 2 is 1.77 bits per heavy atom. The van der Waals surface area contributed by atoms with Crippen LogP contribution in [0.5, 0.6) is 5.75 Å². The monoisotopic (exact) mass is 481 g/mol. The molecule has 5 nitrogen and oxygen atoms in total. The molecule has 2 atom stereocenters. The SMILES string of the molecule is Cc1ccc(C)c([C@@H](Oc2ccc3c(cnn3-c3ccc(F)cc3)c2)[C@H](C)NC(=O)C(C)(F)F)c1. The first kappa shape index (κ1) is 24.3. The van der Waals surface area contributed by atoms with E-state index in [9.17, 15) is 18.0 Å². The van der Waals surface area contributed by atoms with Crippen molar-refractivity contribution in [2.24, 2.45) is 0 Å². The highest BCUT2D eigenvalue weighted by molar-refractivity contribution is 5.83. The van der Waals surface area contributed by atoms with Crippen LogP contribution in [0.15, 0.2) is 66.9 Å². The molecule has 0 spiro atoms.